The molecular weight excluding hydrogens is 299 g/mol. The van der Waals surface area contributed by atoms with Gasteiger partial charge in [0.05, 0.1) is 15.8 Å². The van der Waals surface area contributed by atoms with E-state index >= 15 is 0 Å². The number of Topliss-reactive ketones (excluding diaryl/α,β-unsaturated/α-hetero) is 1. The predicted octanol–water partition coefficient (Wildman–Crippen LogP) is 3.30. The summed E-state index contributed by atoms with van der Waals surface area (Å²) in [6, 6.07) is 5.22. The summed E-state index contributed by atoms with van der Waals surface area (Å²) in [7, 11) is 0. The lowest BCUT2D eigenvalue weighted by Gasteiger charge is -2.23. The van der Waals surface area contributed by atoms with E-state index in [1.165, 1.54) is 5.01 Å². The summed E-state index contributed by atoms with van der Waals surface area (Å²) < 4.78 is 0. The van der Waals surface area contributed by atoms with Crippen LogP contribution in [0.25, 0.3) is 0 Å². The van der Waals surface area contributed by atoms with Crippen molar-refractivity contribution in [1.82, 2.24) is 5.01 Å². The standard InChI is InChI=1S/C14H14Cl2N2O2/c1-2-10(19)8-18-14(20)6-5-13(17-18)9-3-4-11(15)12(16)7-9/h3-4,7H,2,5-6,8H2,1H3. The minimum Gasteiger partial charge on any atom is -0.298 e. The Morgan fingerprint density at radius 2 is 2.05 bits per heavy atom. The minimum atomic E-state index is -0.129. The molecule has 0 fully saturated rings. The molecule has 0 bridgehead atoms. The Kier molecular flexibility index (Phi) is 4.78. The Hall–Kier alpha value is -1.39. The summed E-state index contributed by atoms with van der Waals surface area (Å²) in [5, 5.41) is 6.43. The number of carbonyl (C=O) groups is 2. The molecule has 0 saturated heterocycles. The molecule has 0 unspecified atom stereocenters. The van der Waals surface area contributed by atoms with Crippen molar-refractivity contribution in [2.24, 2.45) is 5.10 Å². The predicted molar refractivity (Wildman–Crippen MR) is 79.2 cm³/mol. The van der Waals surface area contributed by atoms with Crippen molar-refractivity contribution in [2.45, 2.75) is 26.2 Å². The van der Waals surface area contributed by atoms with Gasteiger partial charge in [-0.2, -0.15) is 5.10 Å². The fraction of sp³-hybridized carbons (Fsp3) is 0.357. The number of ketones is 1. The van der Waals surface area contributed by atoms with Crippen molar-refractivity contribution in [3.05, 3.63) is 33.8 Å². The number of hydrogen-bond donors (Lipinski definition) is 0. The van der Waals surface area contributed by atoms with Gasteiger partial charge >= 0.3 is 0 Å². The van der Waals surface area contributed by atoms with Crippen LogP contribution in [0.15, 0.2) is 23.3 Å². The number of carbonyl (C=O) groups excluding carboxylic acids is 2. The molecule has 106 valence electrons. The molecule has 0 N–H and O–H groups in total. The molecule has 1 heterocycles. The Morgan fingerprint density at radius 1 is 1.30 bits per heavy atom. The lowest BCUT2D eigenvalue weighted by molar-refractivity contribution is -0.135. The zero-order valence-electron chi connectivity index (χ0n) is 11.0. The topological polar surface area (TPSA) is 49.7 Å². The average Bonchev–Trinajstić information content (AvgIpc) is 2.44. The van der Waals surface area contributed by atoms with Crippen LogP contribution in [-0.4, -0.2) is 29.0 Å². The number of hydrazone groups is 1. The second-order valence-electron chi connectivity index (χ2n) is 4.52. The van der Waals surface area contributed by atoms with Crippen molar-refractivity contribution in [3.63, 3.8) is 0 Å². The largest absolute Gasteiger partial charge is 0.298 e. The van der Waals surface area contributed by atoms with Crippen molar-refractivity contribution >= 4 is 40.6 Å². The van der Waals surface area contributed by atoms with Gasteiger partial charge in [-0.05, 0) is 17.7 Å². The first-order valence-corrected chi connectivity index (χ1v) is 7.11. The van der Waals surface area contributed by atoms with Gasteiger partial charge in [0.25, 0.3) is 0 Å². The van der Waals surface area contributed by atoms with Gasteiger partial charge in [-0.3, -0.25) is 9.59 Å². The molecule has 1 aliphatic heterocycles. The van der Waals surface area contributed by atoms with Gasteiger partial charge in [-0.15, -0.1) is 0 Å². The Bertz CT molecular complexity index is 585. The van der Waals surface area contributed by atoms with Crippen molar-refractivity contribution < 1.29 is 9.59 Å². The summed E-state index contributed by atoms with van der Waals surface area (Å²) in [6.07, 6.45) is 1.27. The Morgan fingerprint density at radius 3 is 2.70 bits per heavy atom. The van der Waals surface area contributed by atoms with Crippen LogP contribution in [0.1, 0.15) is 31.7 Å². The number of rotatable bonds is 4. The first kappa shape index (κ1) is 15.0. The molecule has 20 heavy (non-hydrogen) atoms. The van der Waals surface area contributed by atoms with E-state index in [0.717, 1.165) is 11.3 Å². The Balaban J connectivity index is 2.26. The molecular formula is C14H14Cl2N2O2. The summed E-state index contributed by atoms with van der Waals surface area (Å²) >= 11 is 11.9. The van der Waals surface area contributed by atoms with E-state index in [2.05, 4.69) is 5.10 Å². The minimum absolute atomic E-state index is 0.0162. The summed E-state index contributed by atoms with van der Waals surface area (Å²) in [4.78, 5) is 23.2. The van der Waals surface area contributed by atoms with Crippen molar-refractivity contribution in [3.8, 4) is 0 Å². The highest BCUT2D eigenvalue weighted by atomic mass is 35.5. The van der Waals surface area contributed by atoms with Crippen LogP contribution < -0.4 is 0 Å². The fourth-order valence-corrected chi connectivity index (χ4v) is 2.18. The molecule has 4 nitrogen and oxygen atoms in total. The van der Waals surface area contributed by atoms with E-state index in [9.17, 15) is 9.59 Å². The Labute approximate surface area is 127 Å². The molecule has 2 rings (SSSR count). The van der Waals surface area contributed by atoms with Gasteiger partial charge < -0.3 is 0 Å². The van der Waals surface area contributed by atoms with E-state index in [1.807, 2.05) is 6.07 Å². The van der Waals surface area contributed by atoms with Gasteiger partial charge in [-0.25, -0.2) is 5.01 Å². The maximum atomic E-state index is 11.8. The fourth-order valence-electron chi connectivity index (χ4n) is 1.89. The zero-order chi connectivity index (χ0) is 14.7. The maximum absolute atomic E-state index is 11.8. The molecule has 0 saturated carbocycles. The highest BCUT2D eigenvalue weighted by molar-refractivity contribution is 6.42. The van der Waals surface area contributed by atoms with Crippen LogP contribution in [-0.2, 0) is 9.59 Å². The van der Waals surface area contributed by atoms with Crippen molar-refractivity contribution in [2.75, 3.05) is 6.54 Å². The van der Waals surface area contributed by atoms with Gasteiger partial charge in [0, 0.05) is 19.3 Å². The molecule has 0 aromatic heterocycles. The van der Waals surface area contributed by atoms with E-state index < -0.39 is 0 Å². The molecule has 1 aromatic rings. The zero-order valence-corrected chi connectivity index (χ0v) is 12.5. The normalized spacial score (nSPS) is 15.2. The first-order chi connectivity index (χ1) is 9.51. The number of benzene rings is 1. The summed E-state index contributed by atoms with van der Waals surface area (Å²) in [5.41, 5.74) is 1.56. The third-order valence-electron chi connectivity index (χ3n) is 3.08. The molecule has 0 atom stereocenters. The van der Waals surface area contributed by atoms with Crippen LogP contribution in [0.4, 0.5) is 0 Å². The van der Waals surface area contributed by atoms with E-state index in [0.29, 0.717) is 29.3 Å². The first-order valence-electron chi connectivity index (χ1n) is 6.36. The van der Waals surface area contributed by atoms with E-state index in [-0.39, 0.29) is 18.2 Å². The maximum Gasteiger partial charge on any atom is 0.243 e. The smallest absolute Gasteiger partial charge is 0.243 e. The number of amides is 1. The molecule has 1 aliphatic rings. The highest BCUT2D eigenvalue weighted by Gasteiger charge is 2.23. The highest BCUT2D eigenvalue weighted by Crippen LogP contribution is 2.25. The SMILES string of the molecule is CCC(=O)CN1N=C(c2ccc(Cl)c(Cl)c2)CCC1=O. The second kappa shape index (κ2) is 6.37. The summed E-state index contributed by atoms with van der Waals surface area (Å²) in [6.45, 7) is 1.79. The van der Waals surface area contributed by atoms with Gasteiger partial charge in [-0.1, -0.05) is 36.2 Å². The lowest BCUT2D eigenvalue weighted by Crippen LogP contribution is -2.35. The van der Waals surface area contributed by atoms with Gasteiger partial charge in [0.2, 0.25) is 5.91 Å². The van der Waals surface area contributed by atoms with Crippen LogP contribution in [0.3, 0.4) is 0 Å². The number of nitrogens with zero attached hydrogens (tertiary/aromatic N) is 2. The van der Waals surface area contributed by atoms with E-state index in [4.69, 9.17) is 23.2 Å². The molecule has 1 amide bonds. The van der Waals surface area contributed by atoms with Gasteiger partial charge in [0.15, 0.2) is 5.78 Å². The second-order valence-corrected chi connectivity index (χ2v) is 5.33. The third-order valence-corrected chi connectivity index (χ3v) is 3.82. The van der Waals surface area contributed by atoms with Gasteiger partial charge in [0.1, 0.15) is 6.54 Å². The number of halogens is 2. The van der Waals surface area contributed by atoms with E-state index in [1.54, 1.807) is 19.1 Å². The molecule has 0 radical (unpaired) electrons. The van der Waals surface area contributed by atoms with Crippen LogP contribution >= 0.6 is 23.2 Å². The molecule has 6 heteroatoms. The average molecular weight is 313 g/mol. The summed E-state index contributed by atoms with van der Waals surface area (Å²) in [5.74, 6) is -0.145. The number of hydrogen-bond acceptors (Lipinski definition) is 3. The van der Waals surface area contributed by atoms with Crippen LogP contribution in [0.2, 0.25) is 10.0 Å². The monoisotopic (exact) mass is 312 g/mol. The third kappa shape index (κ3) is 3.38. The molecule has 0 aliphatic carbocycles. The van der Waals surface area contributed by atoms with Crippen LogP contribution in [0.5, 0.6) is 0 Å². The molecule has 1 aromatic carbocycles. The van der Waals surface area contributed by atoms with Crippen LogP contribution in [0, 0.1) is 0 Å². The lowest BCUT2D eigenvalue weighted by atomic mass is 10.0. The quantitative estimate of drug-likeness (QED) is 0.856. The molecule has 0 spiro atoms. The van der Waals surface area contributed by atoms with Crippen molar-refractivity contribution in [1.29, 1.82) is 0 Å².